The van der Waals surface area contributed by atoms with Crippen molar-refractivity contribution in [2.24, 2.45) is 0 Å². The number of hydrogen-bond acceptors (Lipinski definition) is 1. The summed E-state index contributed by atoms with van der Waals surface area (Å²) in [5.41, 5.74) is 5.30. The topological polar surface area (TPSA) is 20.3 Å². The van der Waals surface area contributed by atoms with Crippen molar-refractivity contribution in [1.82, 2.24) is 0 Å². The molecule has 0 aromatic heterocycles. The van der Waals surface area contributed by atoms with Crippen LogP contribution in [0.25, 0.3) is 11.1 Å². The highest BCUT2D eigenvalue weighted by Gasteiger charge is 2.34. The molecule has 0 unspecified atom stereocenters. The highest BCUT2D eigenvalue weighted by Crippen LogP contribution is 2.45. The summed E-state index contributed by atoms with van der Waals surface area (Å²) in [7, 11) is 1.77. The van der Waals surface area contributed by atoms with E-state index in [0.717, 1.165) is 28.0 Å². The summed E-state index contributed by atoms with van der Waals surface area (Å²) < 4.78 is 0. The molecule has 0 spiro atoms. The summed E-state index contributed by atoms with van der Waals surface area (Å²) in [5.74, 6) is -0.0363. The third-order valence-electron chi connectivity index (χ3n) is 4.48. The molecule has 1 aliphatic rings. The minimum atomic E-state index is -0.0363. The Labute approximate surface area is 152 Å². The van der Waals surface area contributed by atoms with E-state index in [2.05, 4.69) is 0 Å². The third kappa shape index (κ3) is 2.55. The molecule has 4 rings (SSSR count). The van der Waals surface area contributed by atoms with Crippen molar-refractivity contribution in [3.8, 4) is 0 Å². The first-order valence-corrected chi connectivity index (χ1v) is 8.48. The SMILES string of the molecule is CN1C(=O)C(=C(c2ccccc2)c2ccccc2)c2cccc(Cl)c21. The summed E-state index contributed by atoms with van der Waals surface area (Å²) in [6, 6.07) is 25.7. The predicted molar refractivity (Wildman–Crippen MR) is 104 cm³/mol. The maximum atomic E-state index is 13.1. The zero-order valence-corrected chi connectivity index (χ0v) is 14.5. The number of carbonyl (C=O) groups is 1. The molecule has 0 N–H and O–H groups in total. The fourth-order valence-corrected chi connectivity index (χ4v) is 3.65. The van der Waals surface area contributed by atoms with E-state index in [1.165, 1.54) is 0 Å². The largest absolute Gasteiger partial charge is 0.309 e. The third-order valence-corrected chi connectivity index (χ3v) is 4.79. The fraction of sp³-hybridized carbons (Fsp3) is 0.0455. The molecule has 0 saturated heterocycles. The minimum absolute atomic E-state index is 0.0363. The van der Waals surface area contributed by atoms with Gasteiger partial charge in [-0.1, -0.05) is 84.4 Å². The Morgan fingerprint density at radius 1 is 0.800 bits per heavy atom. The molecule has 0 radical (unpaired) electrons. The summed E-state index contributed by atoms with van der Waals surface area (Å²) in [6.45, 7) is 0. The van der Waals surface area contributed by atoms with E-state index in [1.807, 2.05) is 78.9 Å². The van der Waals surface area contributed by atoms with E-state index in [0.29, 0.717) is 10.6 Å². The molecule has 25 heavy (non-hydrogen) atoms. The molecule has 3 heteroatoms. The first-order chi connectivity index (χ1) is 12.2. The Morgan fingerprint density at radius 2 is 1.36 bits per heavy atom. The van der Waals surface area contributed by atoms with Crippen molar-refractivity contribution in [3.63, 3.8) is 0 Å². The van der Waals surface area contributed by atoms with E-state index in [9.17, 15) is 4.79 Å². The van der Waals surface area contributed by atoms with Crippen molar-refractivity contribution in [2.45, 2.75) is 0 Å². The lowest BCUT2D eigenvalue weighted by Gasteiger charge is -2.13. The van der Waals surface area contributed by atoms with Crippen molar-refractivity contribution in [1.29, 1.82) is 0 Å². The van der Waals surface area contributed by atoms with Crippen LogP contribution in [0.4, 0.5) is 5.69 Å². The molecule has 122 valence electrons. The molecule has 3 aromatic carbocycles. The number of para-hydroxylation sites is 1. The van der Waals surface area contributed by atoms with Gasteiger partial charge < -0.3 is 4.90 Å². The number of carbonyl (C=O) groups excluding carboxylic acids is 1. The zero-order valence-electron chi connectivity index (χ0n) is 13.7. The first kappa shape index (κ1) is 15.7. The Morgan fingerprint density at radius 3 is 1.92 bits per heavy atom. The summed E-state index contributed by atoms with van der Waals surface area (Å²) in [5, 5.41) is 0.587. The maximum absolute atomic E-state index is 13.1. The zero-order chi connectivity index (χ0) is 17.4. The maximum Gasteiger partial charge on any atom is 0.259 e. The Balaban J connectivity index is 2.09. The summed E-state index contributed by atoms with van der Waals surface area (Å²) >= 11 is 6.38. The van der Waals surface area contributed by atoms with Gasteiger partial charge >= 0.3 is 0 Å². The van der Waals surface area contributed by atoms with Crippen molar-refractivity contribution in [3.05, 3.63) is 101 Å². The molecular weight excluding hydrogens is 330 g/mol. The quantitative estimate of drug-likeness (QED) is 0.579. The van der Waals surface area contributed by atoms with Crippen LogP contribution >= 0.6 is 11.6 Å². The molecular formula is C22H16ClNO. The lowest BCUT2D eigenvalue weighted by molar-refractivity contribution is -0.112. The van der Waals surface area contributed by atoms with Gasteiger partial charge in [0.15, 0.2) is 0 Å². The van der Waals surface area contributed by atoms with Crippen LogP contribution in [0.15, 0.2) is 78.9 Å². The number of rotatable bonds is 2. The summed E-state index contributed by atoms with van der Waals surface area (Å²) in [6.07, 6.45) is 0. The van der Waals surface area contributed by atoms with Gasteiger partial charge in [0.05, 0.1) is 16.3 Å². The van der Waals surface area contributed by atoms with Gasteiger partial charge in [0.25, 0.3) is 5.91 Å². The Kier molecular flexibility index (Phi) is 3.90. The van der Waals surface area contributed by atoms with Crippen molar-refractivity contribution in [2.75, 3.05) is 11.9 Å². The predicted octanol–water partition coefficient (Wildman–Crippen LogP) is 5.28. The molecule has 1 amide bonds. The molecule has 0 atom stereocenters. The highest BCUT2D eigenvalue weighted by atomic mass is 35.5. The van der Waals surface area contributed by atoms with Crippen LogP contribution in [0.5, 0.6) is 0 Å². The van der Waals surface area contributed by atoms with Crippen LogP contribution < -0.4 is 4.90 Å². The lowest BCUT2D eigenvalue weighted by Crippen LogP contribution is -2.21. The van der Waals surface area contributed by atoms with Crippen LogP contribution in [0, 0.1) is 0 Å². The Bertz CT molecular complexity index is 936. The molecule has 3 aromatic rings. The molecule has 0 fully saturated rings. The van der Waals surface area contributed by atoms with Crippen LogP contribution in [0.1, 0.15) is 16.7 Å². The monoisotopic (exact) mass is 345 g/mol. The first-order valence-electron chi connectivity index (χ1n) is 8.10. The Hall–Kier alpha value is -2.84. The molecule has 0 aliphatic carbocycles. The second kappa shape index (κ2) is 6.23. The van der Waals surface area contributed by atoms with Crippen molar-refractivity contribution < 1.29 is 4.79 Å². The highest BCUT2D eigenvalue weighted by molar-refractivity contribution is 6.43. The lowest BCUT2D eigenvalue weighted by atomic mass is 9.90. The van der Waals surface area contributed by atoms with Gasteiger partial charge in [-0.2, -0.15) is 0 Å². The second-order valence-electron chi connectivity index (χ2n) is 5.98. The standard InChI is InChI=1S/C22H16ClNO/c1-24-21-17(13-8-14-18(21)23)20(22(24)25)19(15-9-4-2-5-10-15)16-11-6-3-7-12-16/h2-14H,1H3. The van der Waals surface area contributed by atoms with Gasteiger partial charge in [0, 0.05) is 18.2 Å². The van der Waals surface area contributed by atoms with Gasteiger partial charge in [-0.25, -0.2) is 0 Å². The number of halogens is 1. The fourth-order valence-electron chi connectivity index (χ4n) is 3.35. The second-order valence-corrected chi connectivity index (χ2v) is 6.39. The van der Waals surface area contributed by atoms with Crippen LogP contribution in [0.2, 0.25) is 5.02 Å². The van der Waals surface area contributed by atoms with E-state index in [4.69, 9.17) is 11.6 Å². The number of anilines is 1. The molecule has 0 bridgehead atoms. The molecule has 1 heterocycles. The van der Waals surface area contributed by atoms with Gasteiger partial charge in [0.1, 0.15) is 0 Å². The number of fused-ring (bicyclic) bond motifs is 1. The van der Waals surface area contributed by atoms with E-state index < -0.39 is 0 Å². The number of amides is 1. The normalized spacial score (nSPS) is 13.1. The summed E-state index contributed by atoms with van der Waals surface area (Å²) in [4.78, 5) is 14.7. The van der Waals surface area contributed by atoms with Crippen LogP contribution in [-0.4, -0.2) is 13.0 Å². The number of nitrogens with zero attached hydrogens (tertiary/aromatic N) is 1. The van der Waals surface area contributed by atoms with Gasteiger partial charge in [-0.3, -0.25) is 4.79 Å². The molecule has 2 nitrogen and oxygen atoms in total. The average molecular weight is 346 g/mol. The van der Waals surface area contributed by atoms with Gasteiger partial charge in [0.2, 0.25) is 0 Å². The van der Waals surface area contributed by atoms with Crippen LogP contribution in [0.3, 0.4) is 0 Å². The molecule has 0 saturated carbocycles. The smallest absolute Gasteiger partial charge is 0.259 e. The average Bonchev–Trinajstić information content (AvgIpc) is 2.90. The van der Waals surface area contributed by atoms with Crippen molar-refractivity contribution >= 4 is 34.3 Å². The van der Waals surface area contributed by atoms with E-state index in [-0.39, 0.29) is 5.91 Å². The molecule has 1 aliphatic heterocycles. The van der Waals surface area contributed by atoms with Gasteiger partial charge in [-0.05, 0) is 17.2 Å². The number of likely N-dealkylation sites (N-methyl/N-ethyl adjacent to an activating group) is 1. The van der Waals surface area contributed by atoms with E-state index >= 15 is 0 Å². The van der Waals surface area contributed by atoms with Crippen LogP contribution in [-0.2, 0) is 4.79 Å². The minimum Gasteiger partial charge on any atom is -0.309 e. The number of benzene rings is 3. The van der Waals surface area contributed by atoms with Gasteiger partial charge in [-0.15, -0.1) is 0 Å². The van der Waals surface area contributed by atoms with E-state index in [1.54, 1.807) is 11.9 Å². The number of hydrogen-bond donors (Lipinski definition) is 0.